The molecule has 2 rings (SSSR count). The van der Waals surface area contributed by atoms with Gasteiger partial charge in [0, 0.05) is 24.4 Å². The van der Waals surface area contributed by atoms with Crippen molar-refractivity contribution in [3.63, 3.8) is 0 Å². The van der Waals surface area contributed by atoms with Crippen molar-refractivity contribution in [1.29, 1.82) is 0 Å². The van der Waals surface area contributed by atoms with Gasteiger partial charge < -0.3 is 9.64 Å². The summed E-state index contributed by atoms with van der Waals surface area (Å²) in [5.41, 5.74) is 0.779. The minimum Gasteiger partial charge on any atom is -0.346 e. The highest BCUT2D eigenvalue weighted by Crippen LogP contribution is 2.25. The largest absolute Gasteiger partial charge is 0.346 e. The Balaban J connectivity index is 2.22. The van der Waals surface area contributed by atoms with Crippen LogP contribution in [0.25, 0.3) is 0 Å². The molecule has 0 N–H and O–H groups in total. The van der Waals surface area contributed by atoms with Crippen molar-refractivity contribution in [2.24, 2.45) is 0 Å². The van der Waals surface area contributed by atoms with Gasteiger partial charge in [0.2, 0.25) is 0 Å². The minimum atomic E-state index is -0.605. The van der Waals surface area contributed by atoms with Gasteiger partial charge in [-0.05, 0) is 19.1 Å². The summed E-state index contributed by atoms with van der Waals surface area (Å²) in [7, 11) is 0. The predicted octanol–water partition coefficient (Wildman–Crippen LogP) is 1.34. The second-order valence-electron chi connectivity index (χ2n) is 3.90. The Bertz CT molecular complexity index is 432. The van der Waals surface area contributed by atoms with Gasteiger partial charge in [0.25, 0.3) is 5.69 Å². The van der Waals surface area contributed by atoms with Crippen LogP contribution < -0.4 is 4.90 Å². The summed E-state index contributed by atoms with van der Waals surface area (Å²) in [6, 6.07) is 6.08. The third kappa shape index (κ3) is 2.26. The number of nitro benzene ring substituents is 1. The van der Waals surface area contributed by atoms with E-state index in [0.717, 1.165) is 12.0 Å². The second kappa shape index (κ2) is 4.50. The molecule has 2 atom stereocenters. The van der Waals surface area contributed by atoms with Gasteiger partial charge in [-0.2, -0.15) is 0 Å². The summed E-state index contributed by atoms with van der Waals surface area (Å²) in [6.07, 6.45) is 0.0945. The van der Waals surface area contributed by atoms with E-state index in [1.807, 2.05) is 6.92 Å². The Labute approximate surface area is 97.9 Å². The molecule has 0 saturated carbocycles. The van der Waals surface area contributed by atoms with Crippen molar-refractivity contribution >= 4 is 17.7 Å². The summed E-state index contributed by atoms with van der Waals surface area (Å²) >= 11 is 0. The molecule has 1 heterocycles. The van der Waals surface area contributed by atoms with Crippen LogP contribution in [0, 0.1) is 10.1 Å². The van der Waals surface area contributed by atoms with Gasteiger partial charge in [-0.3, -0.25) is 14.9 Å². The van der Waals surface area contributed by atoms with Crippen LogP contribution in [0.4, 0.5) is 11.4 Å². The minimum absolute atomic E-state index is 0.0274. The van der Waals surface area contributed by atoms with Crippen molar-refractivity contribution in [1.82, 2.24) is 0 Å². The molecule has 1 aliphatic heterocycles. The molecule has 1 aromatic carbocycles. The van der Waals surface area contributed by atoms with Gasteiger partial charge in [-0.25, -0.2) is 0 Å². The summed E-state index contributed by atoms with van der Waals surface area (Å²) < 4.78 is 5.38. The Hall–Kier alpha value is -1.95. The molecular weight excluding hydrogens is 224 g/mol. The molecule has 0 radical (unpaired) electrons. The molecule has 1 saturated heterocycles. The van der Waals surface area contributed by atoms with Crippen molar-refractivity contribution in [2.45, 2.75) is 19.3 Å². The number of benzene rings is 1. The maximum Gasteiger partial charge on any atom is 0.269 e. The zero-order chi connectivity index (χ0) is 12.4. The molecule has 17 heavy (non-hydrogen) atoms. The molecule has 90 valence electrons. The molecule has 6 heteroatoms. The number of nitrogens with zero attached hydrogens (tertiary/aromatic N) is 2. The Morgan fingerprint density at radius 1 is 1.47 bits per heavy atom. The van der Waals surface area contributed by atoms with Gasteiger partial charge in [0.05, 0.1) is 11.0 Å². The number of non-ortho nitro benzene ring substituents is 1. The van der Waals surface area contributed by atoms with Crippen LogP contribution in [-0.2, 0) is 9.53 Å². The fourth-order valence-corrected chi connectivity index (χ4v) is 1.86. The molecule has 0 aromatic heterocycles. The number of rotatable bonds is 3. The fourth-order valence-electron chi connectivity index (χ4n) is 1.86. The first-order valence-electron chi connectivity index (χ1n) is 5.23. The van der Waals surface area contributed by atoms with Crippen LogP contribution in [0.15, 0.2) is 24.3 Å². The number of nitro groups is 1. The van der Waals surface area contributed by atoms with Crippen molar-refractivity contribution < 1.29 is 14.5 Å². The third-order valence-electron chi connectivity index (χ3n) is 2.64. The van der Waals surface area contributed by atoms with E-state index in [-0.39, 0.29) is 11.8 Å². The number of hydrogen-bond donors (Lipinski definition) is 0. The number of aldehydes is 1. The number of anilines is 1. The van der Waals surface area contributed by atoms with Crippen LogP contribution in [0.2, 0.25) is 0 Å². The molecule has 1 unspecified atom stereocenters. The molecule has 1 aromatic rings. The second-order valence-corrected chi connectivity index (χ2v) is 3.90. The number of ether oxygens (including phenoxy) is 1. The molecule has 0 bridgehead atoms. The van der Waals surface area contributed by atoms with E-state index in [4.69, 9.17) is 4.74 Å². The molecular formula is C11H12N2O4. The Kier molecular flexibility index (Phi) is 3.06. The average molecular weight is 236 g/mol. The smallest absolute Gasteiger partial charge is 0.269 e. The van der Waals surface area contributed by atoms with Gasteiger partial charge in [-0.1, -0.05) is 0 Å². The summed E-state index contributed by atoms with van der Waals surface area (Å²) in [6.45, 7) is 2.48. The average Bonchev–Trinajstić information content (AvgIpc) is 2.70. The SMILES string of the molecule is C[C@@H]1CN(c2ccc([N+](=O)[O-])cc2)C(C=O)O1. The summed E-state index contributed by atoms with van der Waals surface area (Å²) in [5.74, 6) is 0. The van der Waals surface area contributed by atoms with Crippen molar-refractivity contribution in [2.75, 3.05) is 11.4 Å². The van der Waals surface area contributed by atoms with Gasteiger partial charge in [0.1, 0.15) is 0 Å². The van der Waals surface area contributed by atoms with E-state index in [9.17, 15) is 14.9 Å². The van der Waals surface area contributed by atoms with E-state index in [1.54, 1.807) is 17.0 Å². The van der Waals surface area contributed by atoms with Crippen LogP contribution in [0.3, 0.4) is 0 Å². The quantitative estimate of drug-likeness (QED) is 0.450. The molecule has 1 aliphatic rings. The van der Waals surface area contributed by atoms with Crippen LogP contribution in [-0.4, -0.2) is 30.1 Å². The van der Waals surface area contributed by atoms with Gasteiger partial charge >= 0.3 is 0 Å². The van der Waals surface area contributed by atoms with E-state index in [1.165, 1.54) is 12.1 Å². The highest BCUT2D eigenvalue weighted by Gasteiger charge is 2.30. The fraction of sp³-hybridized carbons (Fsp3) is 0.364. The topological polar surface area (TPSA) is 72.7 Å². The van der Waals surface area contributed by atoms with Crippen LogP contribution >= 0.6 is 0 Å². The van der Waals surface area contributed by atoms with Gasteiger partial charge in [0.15, 0.2) is 12.5 Å². The van der Waals surface area contributed by atoms with Crippen molar-refractivity contribution in [3.8, 4) is 0 Å². The first-order valence-corrected chi connectivity index (χ1v) is 5.23. The monoisotopic (exact) mass is 236 g/mol. The maximum absolute atomic E-state index is 10.8. The molecule has 6 nitrogen and oxygen atoms in total. The number of carbonyl (C=O) groups is 1. The highest BCUT2D eigenvalue weighted by molar-refractivity contribution is 5.66. The van der Waals surface area contributed by atoms with Crippen LogP contribution in [0.1, 0.15) is 6.92 Å². The third-order valence-corrected chi connectivity index (χ3v) is 2.64. The predicted molar refractivity (Wildman–Crippen MR) is 60.8 cm³/mol. The molecule has 0 amide bonds. The normalized spacial score (nSPS) is 23.7. The lowest BCUT2D eigenvalue weighted by molar-refractivity contribution is -0.384. The number of carbonyl (C=O) groups excluding carboxylic acids is 1. The Morgan fingerprint density at radius 2 is 2.12 bits per heavy atom. The lowest BCUT2D eigenvalue weighted by Crippen LogP contribution is -2.31. The van der Waals surface area contributed by atoms with E-state index >= 15 is 0 Å². The summed E-state index contributed by atoms with van der Waals surface area (Å²) in [5, 5.41) is 10.5. The van der Waals surface area contributed by atoms with E-state index in [0.29, 0.717) is 6.54 Å². The number of hydrogen-bond acceptors (Lipinski definition) is 5. The Morgan fingerprint density at radius 3 is 2.65 bits per heavy atom. The molecule has 0 spiro atoms. The highest BCUT2D eigenvalue weighted by atomic mass is 16.6. The van der Waals surface area contributed by atoms with E-state index in [2.05, 4.69) is 0 Å². The molecule has 0 aliphatic carbocycles. The van der Waals surface area contributed by atoms with Crippen molar-refractivity contribution in [3.05, 3.63) is 34.4 Å². The first kappa shape index (κ1) is 11.5. The lowest BCUT2D eigenvalue weighted by Gasteiger charge is -2.20. The van der Waals surface area contributed by atoms with E-state index < -0.39 is 11.2 Å². The zero-order valence-electron chi connectivity index (χ0n) is 9.28. The lowest BCUT2D eigenvalue weighted by atomic mass is 10.2. The first-order chi connectivity index (χ1) is 8.11. The van der Waals surface area contributed by atoms with Crippen LogP contribution in [0.5, 0.6) is 0 Å². The summed E-state index contributed by atoms with van der Waals surface area (Å²) in [4.78, 5) is 22.7. The van der Waals surface area contributed by atoms with Gasteiger partial charge in [-0.15, -0.1) is 0 Å². The standard InChI is InChI=1S/C11H12N2O4/c1-8-6-12(11(7-14)17-8)9-2-4-10(5-3-9)13(15)16/h2-5,7-8,11H,6H2,1H3/t8-,11?/m1/s1. The zero-order valence-corrected chi connectivity index (χ0v) is 9.28. The molecule has 1 fully saturated rings. The maximum atomic E-state index is 10.8.